The van der Waals surface area contributed by atoms with Crippen LogP contribution in [0, 0.1) is 0 Å². The molecule has 1 saturated heterocycles. The van der Waals surface area contributed by atoms with Crippen LogP contribution < -0.4 is 16.0 Å². The fourth-order valence-electron chi connectivity index (χ4n) is 3.25. The van der Waals surface area contributed by atoms with Gasteiger partial charge in [0.1, 0.15) is 24.1 Å². The van der Waals surface area contributed by atoms with Crippen molar-refractivity contribution >= 4 is 23.0 Å². The topological polar surface area (TPSA) is 175 Å². The number of nitrogen functional groups attached to an aromatic ring is 1. The van der Waals surface area contributed by atoms with Crippen LogP contribution in [0.25, 0.3) is 11.2 Å². The number of aliphatic hydroxyl groups excluding tert-OH is 3. The summed E-state index contributed by atoms with van der Waals surface area (Å²) < 4.78 is 12.7. The lowest BCUT2D eigenvalue weighted by atomic mass is 10.1. The number of nitrogens with two attached hydrogens (primary N) is 1. The van der Waals surface area contributed by atoms with Crippen molar-refractivity contribution in [1.29, 1.82) is 0 Å². The number of rotatable bonds is 5. The summed E-state index contributed by atoms with van der Waals surface area (Å²) >= 11 is 0. The second-order valence-corrected chi connectivity index (χ2v) is 6.66. The molecule has 30 heavy (non-hydrogen) atoms. The maximum atomic E-state index is 12.8. The molecule has 1 aliphatic rings. The molecule has 0 saturated carbocycles. The second-order valence-electron chi connectivity index (χ2n) is 6.66. The lowest BCUT2D eigenvalue weighted by Crippen LogP contribution is -2.34. The first-order valence-electron chi connectivity index (χ1n) is 9.01. The van der Waals surface area contributed by atoms with Gasteiger partial charge in [0, 0.05) is 0 Å². The summed E-state index contributed by atoms with van der Waals surface area (Å²) in [6.07, 6.45) is -3.73. The number of ether oxygens (including phenoxy) is 2. The summed E-state index contributed by atoms with van der Waals surface area (Å²) in [5, 5.41) is 29.4. The minimum absolute atomic E-state index is 0.0413. The zero-order valence-electron chi connectivity index (χ0n) is 15.5. The Morgan fingerprint density at radius 3 is 2.63 bits per heavy atom. The molecule has 0 amide bonds. The first-order valence-corrected chi connectivity index (χ1v) is 9.01. The highest BCUT2D eigenvalue weighted by Gasteiger charge is 2.44. The van der Waals surface area contributed by atoms with E-state index in [1.165, 1.54) is 10.9 Å². The summed E-state index contributed by atoms with van der Waals surface area (Å²) in [5.41, 5.74) is 4.80. The molecule has 0 unspecified atom stereocenters. The molecule has 3 aromatic rings. The highest BCUT2D eigenvalue weighted by atomic mass is 16.6. The first-order chi connectivity index (χ1) is 14.4. The molecular weight excluding hydrogens is 398 g/mol. The number of anilines is 1. The summed E-state index contributed by atoms with van der Waals surface area (Å²) in [5.74, 6) is -0.693. The number of hydrogen-bond acceptors (Lipinski definition) is 10. The largest absolute Gasteiger partial charge is 0.484 e. The molecule has 158 valence electrons. The van der Waals surface area contributed by atoms with Gasteiger partial charge in [-0.1, -0.05) is 18.2 Å². The Morgan fingerprint density at radius 2 is 1.97 bits per heavy atom. The van der Waals surface area contributed by atoms with Gasteiger partial charge in [-0.05, 0) is 12.1 Å². The van der Waals surface area contributed by atoms with E-state index in [2.05, 4.69) is 9.97 Å². The van der Waals surface area contributed by atoms with Crippen molar-refractivity contribution in [2.45, 2.75) is 24.5 Å². The lowest BCUT2D eigenvalue weighted by molar-refractivity contribution is -0.0511. The number of carbonyl (C=O) groups excluding carboxylic acids is 1. The van der Waals surface area contributed by atoms with E-state index in [0.29, 0.717) is 10.3 Å². The van der Waals surface area contributed by atoms with Crippen molar-refractivity contribution in [3.63, 3.8) is 0 Å². The van der Waals surface area contributed by atoms with Gasteiger partial charge in [-0.15, -0.1) is 0 Å². The number of nitrogens with zero attached hydrogens (tertiary/aromatic N) is 4. The Kier molecular flexibility index (Phi) is 5.22. The number of hydrogen-bond donors (Lipinski definition) is 4. The van der Waals surface area contributed by atoms with Crippen LogP contribution in [0.3, 0.4) is 0 Å². The third-order valence-electron chi connectivity index (χ3n) is 4.77. The van der Waals surface area contributed by atoms with Crippen LogP contribution in [0.15, 0.2) is 41.5 Å². The molecule has 1 aromatic carbocycles. The van der Waals surface area contributed by atoms with E-state index < -0.39 is 55.2 Å². The molecule has 2 aromatic heterocycles. The van der Waals surface area contributed by atoms with Gasteiger partial charge in [-0.25, -0.2) is 9.55 Å². The molecule has 5 N–H and O–H groups in total. The minimum atomic E-state index is -1.40. The van der Waals surface area contributed by atoms with Gasteiger partial charge < -0.3 is 30.5 Å². The van der Waals surface area contributed by atoms with E-state index in [1.54, 1.807) is 30.3 Å². The monoisotopic (exact) mass is 417 g/mol. The quantitative estimate of drug-likeness (QED) is 0.382. The zero-order chi connectivity index (χ0) is 21.4. The fourth-order valence-corrected chi connectivity index (χ4v) is 3.25. The molecule has 0 spiro atoms. The van der Waals surface area contributed by atoms with Crippen molar-refractivity contribution in [3.05, 3.63) is 47.0 Å². The molecule has 0 bridgehead atoms. The van der Waals surface area contributed by atoms with Crippen molar-refractivity contribution in [3.8, 4) is 5.75 Å². The zero-order valence-corrected chi connectivity index (χ0v) is 15.5. The fraction of sp³-hybridized carbons (Fsp3) is 0.333. The highest BCUT2D eigenvalue weighted by Crippen LogP contribution is 2.30. The average Bonchev–Trinajstić information content (AvgIpc) is 3.28. The molecule has 1 aliphatic heterocycles. The third kappa shape index (κ3) is 3.31. The number of aromatic nitrogens is 4. The molecule has 4 atom stereocenters. The molecule has 4 rings (SSSR count). The molecule has 12 nitrogen and oxygen atoms in total. The van der Waals surface area contributed by atoms with Gasteiger partial charge in [-0.2, -0.15) is 4.98 Å². The molecule has 12 heteroatoms. The number of benzene rings is 1. The molecule has 1 fully saturated rings. The summed E-state index contributed by atoms with van der Waals surface area (Å²) in [6, 6.07) is 8.57. The Hall–Kier alpha value is -3.32. The van der Waals surface area contributed by atoms with Crippen molar-refractivity contribution < 1.29 is 29.6 Å². The van der Waals surface area contributed by atoms with Crippen LogP contribution in [0.5, 0.6) is 5.75 Å². The number of carbonyl (C=O) groups is 1. The van der Waals surface area contributed by atoms with Gasteiger partial charge >= 0.3 is 0 Å². The van der Waals surface area contributed by atoms with Gasteiger partial charge in [0.2, 0.25) is 5.95 Å². The predicted octanol–water partition coefficient (Wildman–Crippen LogP) is -1.49. The Bertz CT molecular complexity index is 1130. The Labute approximate surface area is 168 Å². The molecular formula is C18H19N5O7. The maximum absolute atomic E-state index is 12.8. The maximum Gasteiger partial charge on any atom is 0.290 e. The van der Waals surface area contributed by atoms with Crippen molar-refractivity contribution in [2.75, 3.05) is 18.9 Å². The average molecular weight is 417 g/mol. The first kappa shape index (κ1) is 20.0. The smallest absolute Gasteiger partial charge is 0.290 e. The van der Waals surface area contributed by atoms with E-state index in [0.717, 1.165) is 0 Å². The van der Waals surface area contributed by atoms with Crippen LogP contribution in [0.4, 0.5) is 5.95 Å². The van der Waals surface area contributed by atoms with Gasteiger partial charge in [-0.3, -0.25) is 14.2 Å². The Balaban J connectivity index is 1.65. The molecule has 3 heterocycles. The molecule has 0 aliphatic carbocycles. The van der Waals surface area contributed by atoms with Crippen molar-refractivity contribution in [2.24, 2.45) is 0 Å². The van der Waals surface area contributed by atoms with Gasteiger partial charge in [0.15, 0.2) is 24.0 Å². The summed E-state index contributed by atoms with van der Waals surface area (Å²) in [7, 11) is 0. The van der Waals surface area contributed by atoms with Crippen LogP contribution in [0.2, 0.25) is 0 Å². The van der Waals surface area contributed by atoms with E-state index in [9.17, 15) is 24.9 Å². The summed E-state index contributed by atoms with van der Waals surface area (Å²) in [6.45, 7) is -0.962. The van der Waals surface area contributed by atoms with Crippen LogP contribution in [-0.4, -0.2) is 71.9 Å². The number of fused-ring (bicyclic) bond motifs is 1. The summed E-state index contributed by atoms with van der Waals surface area (Å²) in [4.78, 5) is 33.3. The van der Waals surface area contributed by atoms with E-state index >= 15 is 0 Å². The standard InChI is InChI=1S/C18H19N5O7/c19-18-21-15-12(20-8-22(15)17-14(27)13(26)10(6-24)30-17)16(28)23(18)11(25)7-29-9-4-2-1-3-5-9/h1-5,8,10,13-14,17,24,26-27H,6-7H2,(H2,19,21)/t10-,13-,14-,17-/m1/s1. The molecule has 0 radical (unpaired) electrons. The van der Waals surface area contributed by atoms with E-state index in [4.69, 9.17) is 15.2 Å². The third-order valence-corrected chi connectivity index (χ3v) is 4.77. The van der Waals surface area contributed by atoms with Crippen LogP contribution in [-0.2, 0) is 4.74 Å². The number of imidazole rings is 1. The number of aliphatic hydroxyl groups is 3. The van der Waals surface area contributed by atoms with Crippen LogP contribution >= 0.6 is 0 Å². The van der Waals surface area contributed by atoms with Gasteiger partial charge in [0.05, 0.1) is 12.9 Å². The normalized spacial score (nSPS) is 23.7. The van der Waals surface area contributed by atoms with Crippen molar-refractivity contribution in [1.82, 2.24) is 19.1 Å². The number of para-hydroxylation sites is 1. The lowest BCUT2D eigenvalue weighted by Gasteiger charge is -2.17. The highest BCUT2D eigenvalue weighted by molar-refractivity contribution is 5.85. The SMILES string of the molecule is Nc1nc2c(ncn2[C@@H]2O[C@H](CO)[C@@H](O)[C@H]2O)c(=O)n1C(=O)COc1ccccc1. The van der Waals surface area contributed by atoms with Gasteiger partial charge in [0.25, 0.3) is 11.5 Å². The van der Waals surface area contributed by atoms with E-state index in [1.807, 2.05) is 0 Å². The Morgan fingerprint density at radius 1 is 1.23 bits per heavy atom. The van der Waals surface area contributed by atoms with Crippen LogP contribution in [0.1, 0.15) is 11.0 Å². The van der Waals surface area contributed by atoms with E-state index in [-0.39, 0.29) is 11.2 Å². The minimum Gasteiger partial charge on any atom is -0.484 e. The predicted molar refractivity (Wildman–Crippen MR) is 102 cm³/mol. The second kappa shape index (κ2) is 7.84.